The average molecular weight is 437 g/mol. The molecule has 1 aromatic heterocycles. The quantitative estimate of drug-likeness (QED) is 0.360. The van der Waals surface area contributed by atoms with E-state index >= 15 is 0 Å². The fraction of sp³-hybridized carbons (Fsp3) is 0.292. The topological polar surface area (TPSA) is 69.0 Å². The first kappa shape index (κ1) is 22.6. The van der Waals surface area contributed by atoms with Crippen LogP contribution in [0.1, 0.15) is 29.4 Å². The molecular weight excluding hydrogens is 408 g/mol. The lowest BCUT2D eigenvalue weighted by Gasteiger charge is -2.11. The number of rotatable bonds is 10. The molecule has 3 rings (SSSR count). The van der Waals surface area contributed by atoms with Crippen molar-refractivity contribution in [2.75, 3.05) is 11.1 Å². The zero-order valence-corrected chi connectivity index (χ0v) is 19.0. The summed E-state index contributed by atoms with van der Waals surface area (Å²) in [6, 6.07) is 13.9. The molecule has 0 aliphatic heterocycles. The predicted molar refractivity (Wildman–Crippen MR) is 126 cm³/mol. The van der Waals surface area contributed by atoms with Crippen LogP contribution < -0.4 is 10.1 Å². The molecule has 0 spiro atoms. The summed E-state index contributed by atoms with van der Waals surface area (Å²) in [6.07, 6.45) is 2.77. The maximum atomic E-state index is 12.5. The monoisotopic (exact) mass is 436 g/mol. The van der Waals surface area contributed by atoms with Crippen LogP contribution in [-0.4, -0.2) is 26.4 Å². The van der Waals surface area contributed by atoms with E-state index < -0.39 is 0 Å². The molecular formula is C24H28N4O2S. The highest BCUT2D eigenvalue weighted by atomic mass is 32.2. The Kier molecular flexibility index (Phi) is 7.89. The summed E-state index contributed by atoms with van der Waals surface area (Å²) in [7, 11) is 0. The summed E-state index contributed by atoms with van der Waals surface area (Å²) >= 11 is 1.35. The number of anilines is 1. The number of benzene rings is 2. The van der Waals surface area contributed by atoms with Gasteiger partial charge in [-0.15, -0.1) is 16.8 Å². The molecule has 6 nitrogen and oxygen atoms in total. The van der Waals surface area contributed by atoms with Gasteiger partial charge in [-0.05, 0) is 55.2 Å². The second kappa shape index (κ2) is 10.8. The van der Waals surface area contributed by atoms with Crippen LogP contribution in [-0.2, 0) is 24.4 Å². The van der Waals surface area contributed by atoms with E-state index in [1.54, 1.807) is 6.08 Å². The molecule has 0 radical (unpaired) electrons. The van der Waals surface area contributed by atoms with Gasteiger partial charge in [0, 0.05) is 12.2 Å². The number of aromatic nitrogens is 3. The third-order valence-corrected chi connectivity index (χ3v) is 5.98. The number of carbonyl (C=O) groups is 1. The number of allylic oxidation sites excluding steroid dienone is 1. The zero-order chi connectivity index (χ0) is 22.2. The Morgan fingerprint density at radius 1 is 1.19 bits per heavy atom. The van der Waals surface area contributed by atoms with Crippen molar-refractivity contribution in [2.45, 2.75) is 45.5 Å². The largest absolute Gasteiger partial charge is 0.486 e. The van der Waals surface area contributed by atoms with E-state index in [0.717, 1.165) is 29.0 Å². The molecule has 0 fully saturated rings. The smallest absolute Gasteiger partial charge is 0.234 e. The standard InChI is InChI=1S/C24H28N4O2S/c1-5-14-28-22(15-30-20-12-10-19(6-2)11-13-20)26-27-24(28)31-16-23(29)25-21-9-7-8-17(3)18(21)4/h5,7-13H,1,6,14-16H2,2-4H3,(H,25,29). The number of nitrogens with zero attached hydrogens (tertiary/aromatic N) is 3. The highest BCUT2D eigenvalue weighted by Crippen LogP contribution is 2.21. The van der Waals surface area contributed by atoms with Crippen LogP contribution in [0.25, 0.3) is 0 Å². The third-order valence-electron chi connectivity index (χ3n) is 5.02. The fourth-order valence-electron chi connectivity index (χ4n) is 3.02. The zero-order valence-electron chi connectivity index (χ0n) is 18.2. The molecule has 0 aliphatic rings. The Labute approximate surface area is 187 Å². The molecule has 0 saturated heterocycles. The number of thioether (sulfide) groups is 1. The minimum atomic E-state index is -0.0827. The van der Waals surface area contributed by atoms with Crippen LogP contribution in [0.3, 0.4) is 0 Å². The molecule has 1 heterocycles. The molecule has 0 aliphatic carbocycles. The fourth-order valence-corrected chi connectivity index (χ4v) is 3.78. The Hall–Kier alpha value is -3.06. The van der Waals surface area contributed by atoms with Crippen molar-refractivity contribution in [3.05, 3.63) is 77.6 Å². The first-order valence-electron chi connectivity index (χ1n) is 10.3. The lowest BCUT2D eigenvalue weighted by atomic mass is 10.1. The molecule has 0 saturated carbocycles. The number of hydrogen-bond donors (Lipinski definition) is 1. The van der Waals surface area contributed by atoms with Crippen LogP contribution in [0, 0.1) is 13.8 Å². The molecule has 1 N–H and O–H groups in total. The van der Waals surface area contributed by atoms with Crippen LogP contribution in [0.4, 0.5) is 5.69 Å². The van der Waals surface area contributed by atoms with Gasteiger partial charge in [-0.1, -0.05) is 49.0 Å². The van der Waals surface area contributed by atoms with Crippen LogP contribution >= 0.6 is 11.8 Å². The molecule has 0 bridgehead atoms. The van der Waals surface area contributed by atoms with E-state index in [2.05, 4.69) is 41.1 Å². The number of amides is 1. The number of aryl methyl sites for hydroxylation is 2. The Morgan fingerprint density at radius 3 is 2.68 bits per heavy atom. The van der Waals surface area contributed by atoms with Crippen LogP contribution in [0.2, 0.25) is 0 Å². The lowest BCUT2D eigenvalue weighted by molar-refractivity contribution is -0.113. The van der Waals surface area contributed by atoms with Gasteiger partial charge in [-0.2, -0.15) is 0 Å². The summed E-state index contributed by atoms with van der Waals surface area (Å²) in [5, 5.41) is 12.1. The third kappa shape index (κ3) is 5.98. The van der Waals surface area contributed by atoms with Crippen molar-refractivity contribution in [1.29, 1.82) is 0 Å². The van der Waals surface area contributed by atoms with Crippen molar-refractivity contribution >= 4 is 23.4 Å². The Morgan fingerprint density at radius 2 is 1.97 bits per heavy atom. The van der Waals surface area contributed by atoms with E-state index in [4.69, 9.17) is 4.74 Å². The minimum absolute atomic E-state index is 0.0827. The average Bonchev–Trinajstić information content (AvgIpc) is 3.16. The maximum Gasteiger partial charge on any atom is 0.234 e. The molecule has 2 aromatic carbocycles. The molecule has 31 heavy (non-hydrogen) atoms. The first-order valence-corrected chi connectivity index (χ1v) is 11.2. The van der Waals surface area contributed by atoms with Crippen molar-refractivity contribution in [2.24, 2.45) is 0 Å². The predicted octanol–water partition coefficient (Wildman–Crippen LogP) is 4.95. The van der Waals surface area contributed by atoms with Crippen LogP contribution in [0.5, 0.6) is 5.75 Å². The Bertz CT molecular complexity index is 1040. The summed E-state index contributed by atoms with van der Waals surface area (Å²) in [5.41, 5.74) is 4.31. The van der Waals surface area contributed by atoms with E-state index in [9.17, 15) is 4.79 Å². The SMILES string of the molecule is C=CCn1c(COc2ccc(CC)cc2)nnc1SCC(=O)Nc1cccc(C)c1C. The van der Waals surface area contributed by atoms with Crippen LogP contribution in [0.15, 0.2) is 60.3 Å². The Balaban J connectivity index is 1.61. The summed E-state index contributed by atoms with van der Waals surface area (Å²) in [5.74, 6) is 1.63. The van der Waals surface area contributed by atoms with E-state index in [-0.39, 0.29) is 11.7 Å². The summed E-state index contributed by atoms with van der Waals surface area (Å²) < 4.78 is 7.79. The van der Waals surface area contributed by atoms with Gasteiger partial charge in [-0.3, -0.25) is 9.36 Å². The molecule has 162 valence electrons. The minimum Gasteiger partial charge on any atom is -0.486 e. The lowest BCUT2D eigenvalue weighted by Crippen LogP contribution is -2.16. The second-order valence-electron chi connectivity index (χ2n) is 7.17. The van der Waals surface area contributed by atoms with Crippen molar-refractivity contribution in [1.82, 2.24) is 14.8 Å². The number of hydrogen-bond acceptors (Lipinski definition) is 5. The highest BCUT2D eigenvalue weighted by Gasteiger charge is 2.15. The van der Waals surface area contributed by atoms with Gasteiger partial charge in [-0.25, -0.2) is 0 Å². The summed E-state index contributed by atoms with van der Waals surface area (Å²) in [4.78, 5) is 12.5. The molecule has 0 atom stereocenters. The highest BCUT2D eigenvalue weighted by molar-refractivity contribution is 7.99. The summed E-state index contributed by atoms with van der Waals surface area (Å²) in [6.45, 7) is 10.8. The number of nitrogens with one attached hydrogen (secondary N) is 1. The number of ether oxygens (including phenoxy) is 1. The molecule has 1 amide bonds. The molecule has 7 heteroatoms. The first-order chi connectivity index (χ1) is 15.0. The van der Waals surface area contributed by atoms with Crippen molar-refractivity contribution < 1.29 is 9.53 Å². The van der Waals surface area contributed by atoms with Gasteiger partial charge in [0.1, 0.15) is 12.4 Å². The van der Waals surface area contributed by atoms with Gasteiger partial charge in [0.2, 0.25) is 5.91 Å². The van der Waals surface area contributed by atoms with Gasteiger partial charge < -0.3 is 10.1 Å². The normalized spacial score (nSPS) is 10.7. The van der Waals surface area contributed by atoms with Gasteiger partial charge in [0.05, 0.1) is 5.75 Å². The van der Waals surface area contributed by atoms with E-state index in [1.807, 2.05) is 48.7 Å². The van der Waals surface area contributed by atoms with E-state index in [0.29, 0.717) is 24.1 Å². The van der Waals surface area contributed by atoms with Gasteiger partial charge in [0.25, 0.3) is 0 Å². The second-order valence-corrected chi connectivity index (χ2v) is 8.11. The molecule has 0 unspecified atom stereocenters. The number of carbonyl (C=O) groups excluding carboxylic acids is 1. The van der Waals surface area contributed by atoms with Crippen molar-refractivity contribution in [3.8, 4) is 5.75 Å². The van der Waals surface area contributed by atoms with E-state index in [1.165, 1.54) is 17.3 Å². The molecule has 3 aromatic rings. The van der Waals surface area contributed by atoms with Gasteiger partial charge >= 0.3 is 0 Å². The maximum absolute atomic E-state index is 12.5. The van der Waals surface area contributed by atoms with Crippen molar-refractivity contribution in [3.63, 3.8) is 0 Å². The van der Waals surface area contributed by atoms with Gasteiger partial charge in [0.15, 0.2) is 11.0 Å².